The van der Waals surface area contributed by atoms with Gasteiger partial charge in [-0.2, -0.15) is 0 Å². The Morgan fingerprint density at radius 1 is 1.29 bits per heavy atom. The van der Waals surface area contributed by atoms with Gasteiger partial charge in [-0.05, 0) is 42.5 Å². The Hall–Kier alpha value is -1.16. The van der Waals surface area contributed by atoms with Crippen molar-refractivity contribution in [2.75, 3.05) is 6.79 Å². The molecule has 0 saturated carbocycles. The summed E-state index contributed by atoms with van der Waals surface area (Å²) in [6.07, 6.45) is 3.18. The Labute approximate surface area is 107 Å². The first-order valence-electron chi connectivity index (χ1n) is 5.84. The molecule has 1 heterocycles. The minimum Gasteiger partial charge on any atom is -0.454 e. The normalized spacial score (nSPS) is 12.8. The molecule has 0 unspecified atom stereocenters. The van der Waals surface area contributed by atoms with E-state index in [9.17, 15) is 4.79 Å². The summed E-state index contributed by atoms with van der Waals surface area (Å²) in [5.41, 5.74) is 2.51. The van der Waals surface area contributed by atoms with E-state index < -0.39 is 0 Å². The van der Waals surface area contributed by atoms with E-state index in [-0.39, 0.29) is 5.12 Å². The van der Waals surface area contributed by atoms with Crippen LogP contribution in [-0.2, 0) is 17.6 Å². The second kappa shape index (κ2) is 5.45. The topological polar surface area (TPSA) is 35.5 Å². The molecule has 0 atom stereocenters. The van der Waals surface area contributed by atoms with E-state index in [2.05, 4.69) is 19.6 Å². The van der Waals surface area contributed by atoms with Crippen molar-refractivity contribution in [3.05, 3.63) is 23.3 Å². The number of fused-ring (bicyclic) bond motifs is 1. The Kier molecular flexibility index (Phi) is 3.94. The summed E-state index contributed by atoms with van der Waals surface area (Å²) >= 11 is 3.77. The highest BCUT2D eigenvalue weighted by atomic mass is 32.1. The molecule has 0 spiro atoms. The molecule has 17 heavy (non-hydrogen) atoms. The fourth-order valence-electron chi connectivity index (χ4n) is 2.02. The van der Waals surface area contributed by atoms with Crippen molar-refractivity contribution < 1.29 is 14.3 Å². The fraction of sp³-hybridized carbons (Fsp3) is 0.462. The highest BCUT2D eigenvalue weighted by molar-refractivity contribution is 7.96. The largest absolute Gasteiger partial charge is 0.454 e. The van der Waals surface area contributed by atoms with Gasteiger partial charge in [0, 0.05) is 6.42 Å². The maximum Gasteiger partial charge on any atom is 0.231 e. The first-order valence-corrected chi connectivity index (χ1v) is 6.28. The molecule has 2 rings (SSSR count). The van der Waals surface area contributed by atoms with Crippen LogP contribution in [0.3, 0.4) is 0 Å². The van der Waals surface area contributed by atoms with Crippen LogP contribution in [0.1, 0.15) is 30.9 Å². The molecule has 1 aromatic carbocycles. The number of carbonyl (C=O) groups excluding carboxylic acids is 1. The molecular weight excluding hydrogens is 236 g/mol. The summed E-state index contributed by atoms with van der Waals surface area (Å²) in [7, 11) is 0. The number of thiol groups is 1. The molecule has 1 aromatic rings. The molecule has 0 N–H and O–H groups in total. The van der Waals surface area contributed by atoms with Crippen LogP contribution in [0.5, 0.6) is 11.5 Å². The van der Waals surface area contributed by atoms with Gasteiger partial charge in [-0.1, -0.05) is 6.92 Å². The molecule has 0 aliphatic carbocycles. The number of carbonyl (C=O) groups is 1. The SMILES string of the molecule is CCc1cc2c(cc1CCCC(=O)S)OCO2. The van der Waals surface area contributed by atoms with Crippen LogP contribution in [0.2, 0.25) is 0 Å². The zero-order valence-electron chi connectivity index (χ0n) is 9.86. The average Bonchev–Trinajstić information content (AvgIpc) is 2.74. The molecule has 0 aromatic heterocycles. The molecule has 0 saturated heterocycles. The Balaban J connectivity index is 2.12. The third-order valence-corrected chi connectivity index (χ3v) is 3.14. The lowest BCUT2D eigenvalue weighted by atomic mass is 9.99. The van der Waals surface area contributed by atoms with Gasteiger partial charge in [0.25, 0.3) is 0 Å². The average molecular weight is 252 g/mol. The van der Waals surface area contributed by atoms with Crippen LogP contribution in [-0.4, -0.2) is 11.9 Å². The summed E-state index contributed by atoms with van der Waals surface area (Å²) in [5.74, 6) is 1.64. The second-order valence-corrected chi connectivity index (χ2v) is 4.57. The minimum atomic E-state index is -0.0520. The predicted octanol–water partition coefficient (Wildman–Crippen LogP) is 2.76. The van der Waals surface area contributed by atoms with Crippen molar-refractivity contribution in [3.63, 3.8) is 0 Å². The van der Waals surface area contributed by atoms with Gasteiger partial charge < -0.3 is 9.47 Å². The van der Waals surface area contributed by atoms with Crippen LogP contribution in [0.15, 0.2) is 12.1 Å². The molecule has 0 amide bonds. The van der Waals surface area contributed by atoms with Crippen molar-refractivity contribution in [3.8, 4) is 11.5 Å². The number of aryl methyl sites for hydroxylation is 2. The van der Waals surface area contributed by atoms with Crippen molar-refractivity contribution >= 4 is 17.7 Å². The van der Waals surface area contributed by atoms with Gasteiger partial charge in [0.2, 0.25) is 6.79 Å². The first-order chi connectivity index (χ1) is 8.20. The number of rotatable bonds is 5. The lowest BCUT2D eigenvalue weighted by Gasteiger charge is -2.09. The van der Waals surface area contributed by atoms with E-state index in [0.717, 1.165) is 30.8 Å². The van der Waals surface area contributed by atoms with E-state index in [4.69, 9.17) is 9.47 Å². The van der Waals surface area contributed by atoms with Crippen LogP contribution in [0.25, 0.3) is 0 Å². The molecule has 4 heteroatoms. The monoisotopic (exact) mass is 252 g/mol. The molecule has 0 radical (unpaired) electrons. The molecule has 0 fully saturated rings. The molecule has 3 nitrogen and oxygen atoms in total. The van der Waals surface area contributed by atoms with E-state index in [1.807, 2.05) is 12.1 Å². The van der Waals surface area contributed by atoms with E-state index in [0.29, 0.717) is 13.2 Å². The van der Waals surface area contributed by atoms with Crippen LogP contribution >= 0.6 is 12.6 Å². The maximum absolute atomic E-state index is 10.8. The van der Waals surface area contributed by atoms with Gasteiger partial charge in [0.05, 0.1) is 0 Å². The van der Waals surface area contributed by atoms with Gasteiger partial charge in [0.1, 0.15) is 0 Å². The molecule has 1 aliphatic rings. The number of hydrogen-bond acceptors (Lipinski definition) is 3. The van der Waals surface area contributed by atoms with E-state index >= 15 is 0 Å². The summed E-state index contributed by atoms with van der Waals surface area (Å²) in [6, 6.07) is 4.07. The van der Waals surface area contributed by atoms with E-state index in [1.54, 1.807) is 0 Å². The lowest BCUT2D eigenvalue weighted by molar-refractivity contribution is -0.110. The van der Waals surface area contributed by atoms with Gasteiger partial charge in [-0.3, -0.25) is 4.79 Å². The summed E-state index contributed by atoms with van der Waals surface area (Å²) in [6.45, 7) is 2.42. The van der Waals surface area contributed by atoms with Crippen molar-refractivity contribution in [2.24, 2.45) is 0 Å². The van der Waals surface area contributed by atoms with Crippen molar-refractivity contribution in [2.45, 2.75) is 32.6 Å². The van der Waals surface area contributed by atoms with Crippen LogP contribution in [0, 0.1) is 0 Å². The van der Waals surface area contributed by atoms with Gasteiger partial charge in [-0.25, -0.2) is 0 Å². The quantitative estimate of drug-likeness (QED) is 0.818. The van der Waals surface area contributed by atoms with Crippen LogP contribution in [0.4, 0.5) is 0 Å². The minimum absolute atomic E-state index is 0.0520. The van der Waals surface area contributed by atoms with Crippen molar-refractivity contribution in [1.29, 1.82) is 0 Å². The lowest BCUT2D eigenvalue weighted by Crippen LogP contribution is -1.96. The zero-order chi connectivity index (χ0) is 12.3. The van der Waals surface area contributed by atoms with Gasteiger partial charge in [0.15, 0.2) is 16.6 Å². The summed E-state index contributed by atoms with van der Waals surface area (Å²) < 4.78 is 10.7. The summed E-state index contributed by atoms with van der Waals surface area (Å²) in [4.78, 5) is 10.8. The van der Waals surface area contributed by atoms with E-state index in [1.165, 1.54) is 11.1 Å². The zero-order valence-corrected chi connectivity index (χ0v) is 10.8. The van der Waals surface area contributed by atoms with Gasteiger partial charge in [-0.15, -0.1) is 12.6 Å². The predicted molar refractivity (Wildman–Crippen MR) is 68.9 cm³/mol. The standard InChI is InChI=1S/C13H16O3S/c1-2-9-6-11-12(16-8-15-11)7-10(9)4-3-5-13(14)17/h6-7H,2-5,8H2,1H3,(H,14,17). The summed E-state index contributed by atoms with van der Waals surface area (Å²) in [5, 5.41) is -0.0520. The fourth-order valence-corrected chi connectivity index (χ4v) is 2.18. The molecular formula is C13H16O3S. The number of benzene rings is 1. The van der Waals surface area contributed by atoms with Crippen molar-refractivity contribution in [1.82, 2.24) is 0 Å². The first kappa shape index (κ1) is 12.3. The highest BCUT2D eigenvalue weighted by Gasteiger charge is 2.16. The highest BCUT2D eigenvalue weighted by Crippen LogP contribution is 2.35. The number of hydrogen-bond donors (Lipinski definition) is 1. The third-order valence-electron chi connectivity index (χ3n) is 2.91. The molecule has 1 aliphatic heterocycles. The molecule has 0 bridgehead atoms. The van der Waals surface area contributed by atoms with Crippen LogP contribution < -0.4 is 9.47 Å². The Morgan fingerprint density at radius 2 is 1.94 bits per heavy atom. The Bertz CT molecular complexity index is 429. The number of ether oxygens (including phenoxy) is 2. The smallest absolute Gasteiger partial charge is 0.231 e. The maximum atomic E-state index is 10.8. The second-order valence-electron chi connectivity index (χ2n) is 4.08. The van der Waals surface area contributed by atoms with Gasteiger partial charge >= 0.3 is 0 Å². The third kappa shape index (κ3) is 2.94. The molecule has 92 valence electrons. The Morgan fingerprint density at radius 3 is 2.53 bits per heavy atom.